The van der Waals surface area contributed by atoms with Gasteiger partial charge in [-0.1, -0.05) is 29.3 Å². The summed E-state index contributed by atoms with van der Waals surface area (Å²) in [6.45, 7) is 1.30. The van der Waals surface area contributed by atoms with Gasteiger partial charge in [0.25, 0.3) is 0 Å². The van der Waals surface area contributed by atoms with Crippen molar-refractivity contribution < 1.29 is 14.7 Å². The van der Waals surface area contributed by atoms with E-state index in [4.69, 9.17) is 28.3 Å². The molecular formula is C11H12Cl2N2O3. The summed E-state index contributed by atoms with van der Waals surface area (Å²) in [5.74, 6) is -1.45. The van der Waals surface area contributed by atoms with Gasteiger partial charge < -0.3 is 10.4 Å². The number of benzene rings is 1. The first-order chi connectivity index (χ1) is 8.41. The topological polar surface area (TPSA) is 78.4 Å². The molecule has 0 saturated carbocycles. The van der Waals surface area contributed by atoms with E-state index in [-0.39, 0.29) is 6.54 Å². The minimum absolute atomic E-state index is 0.144. The molecule has 0 fully saturated rings. The van der Waals surface area contributed by atoms with Crippen LogP contribution in [0.2, 0.25) is 10.0 Å². The van der Waals surface area contributed by atoms with Gasteiger partial charge in [0, 0.05) is 0 Å². The number of halogens is 2. The Kier molecular flexibility index (Phi) is 5.40. The number of carboxylic acid groups (broad SMARTS) is 1. The second-order valence-corrected chi connectivity index (χ2v) is 4.40. The predicted octanol–water partition coefficient (Wildman–Crippen LogP) is 1.99. The number of carboxylic acids is 1. The molecule has 0 aliphatic carbocycles. The average molecular weight is 291 g/mol. The summed E-state index contributed by atoms with van der Waals surface area (Å²) in [6, 6.07) is 4.04. The SMILES string of the molecule is C[C@H](NCC(=O)Nc1c(Cl)cccc1Cl)C(=O)O. The van der Waals surface area contributed by atoms with Crippen LogP contribution in [0.3, 0.4) is 0 Å². The van der Waals surface area contributed by atoms with Crippen molar-refractivity contribution in [3.8, 4) is 0 Å². The Morgan fingerprint density at radius 1 is 1.33 bits per heavy atom. The lowest BCUT2D eigenvalue weighted by Crippen LogP contribution is -2.39. The Morgan fingerprint density at radius 2 is 1.89 bits per heavy atom. The zero-order chi connectivity index (χ0) is 13.7. The Bertz CT molecular complexity index is 445. The maximum Gasteiger partial charge on any atom is 0.320 e. The first-order valence-electron chi connectivity index (χ1n) is 5.12. The Balaban J connectivity index is 2.58. The number of amides is 1. The average Bonchev–Trinajstić information content (AvgIpc) is 2.30. The van der Waals surface area contributed by atoms with Crippen molar-refractivity contribution in [2.45, 2.75) is 13.0 Å². The van der Waals surface area contributed by atoms with Crippen LogP contribution >= 0.6 is 23.2 Å². The fourth-order valence-electron chi connectivity index (χ4n) is 1.13. The first kappa shape index (κ1) is 14.8. The number of carbonyl (C=O) groups excluding carboxylic acids is 1. The Hall–Kier alpha value is -1.30. The standard InChI is InChI=1S/C11H12Cl2N2O3/c1-6(11(17)18)14-5-9(16)15-10-7(12)3-2-4-8(10)13/h2-4,6,14H,5H2,1H3,(H,15,16)(H,17,18)/t6-/m0/s1. The molecule has 18 heavy (non-hydrogen) atoms. The smallest absolute Gasteiger partial charge is 0.320 e. The molecule has 98 valence electrons. The third-order valence-corrected chi connectivity index (χ3v) is 2.80. The molecule has 0 radical (unpaired) electrons. The zero-order valence-electron chi connectivity index (χ0n) is 9.54. The highest BCUT2D eigenvalue weighted by atomic mass is 35.5. The van der Waals surface area contributed by atoms with E-state index in [2.05, 4.69) is 10.6 Å². The molecule has 0 aromatic heterocycles. The van der Waals surface area contributed by atoms with E-state index in [1.165, 1.54) is 6.92 Å². The van der Waals surface area contributed by atoms with Gasteiger partial charge in [-0.15, -0.1) is 0 Å². The number of nitrogens with one attached hydrogen (secondary N) is 2. The number of hydrogen-bond acceptors (Lipinski definition) is 3. The second kappa shape index (κ2) is 6.58. The summed E-state index contributed by atoms with van der Waals surface area (Å²) in [6.07, 6.45) is 0. The lowest BCUT2D eigenvalue weighted by atomic mass is 10.3. The fourth-order valence-corrected chi connectivity index (χ4v) is 1.63. The maximum atomic E-state index is 11.6. The van der Waals surface area contributed by atoms with E-state index in [0.717, 1.165) is 0 Å². The van der Waals surface area contributed by atoms with Gasteiger partial charge in [0.05, 0.1) is 22.3 Å². The lowest BCUT2D eigenvalue weighted by Gasteiger charge is -2.11. The van der Waals surface area contributed by atoms with Crippen molar-refractivity contribution in [1.82, 2.24) is 5.32 Å². The van der Waals surface area contributed by atoms with Crippen LogP contribution in [0.15, 0.2) is 18.2 Å². The molecule has 0 aliphatic heterocycles. The molecule has 3 N–H and O–H groups in total. The largest absolute Gasteiger partial charge is 0.480 e. The van der Waals surface area contributed by atoms with Crippen molar-refractivity contribution in [3.05, 3.63) is 28.2 Å². The van der Waals surface area contributed by atoms with Crippen LogP contribution in [0.5, 0.6) is 0 Å². The van der Waals surface area contributed by atoms with Crippen molar-refractivity contribution in [2.24, 2.45) is 0 Å². The summed E-state index contributed by atoms with van der Waals surface area (Å²) < 4.78 is 0. The number of para-hydroxylation sites is 1. The van der Waals surface area contributed by atoms with Gasteiger partial charge in [0.15, 0.2) is 0 Å². The summed E-state index contributed by atoms with van der Waals surface area (Å²) >= 11 is 11.7. The van der Waals surface area contributed by atoms with Crippen molar-refractivity contribution >= 4 is 40.8 Å². The monoisotopic (exact) mass is 290 g/mol. The highest BCUT2D eigenvalue weighted by molar-refractivity contribution is 6.39. The number of aliphatic carboxylic acids is 1. The minimum atomic E-state index is -1.03. The number of carbonyl (C=O) groups is 2. The summed E-state index contributed by atoms with van der Waals surface area (Å²) in [7, 11) is 0. The van der Waals surface area contributed by atoms with Gasteiger partial charge >= 0.3 is 5.97 Å². The Morgan fingerprint density at radius 3 is 2.39 bits per heavy atom. The Labute approximate surface area is 114 Å². The molecule has 1 aromatic rings. The van der Waals surface area contributed by atoms with E-state index < -0.39 is 17.9 Å². The first-order valence-corrected chi connectivity index (χ1v) is 5.87. The van der Waals surface area contributed by atoms with E-state index in [9.17, 15) is 9.59 Å². The van der Waals surface area contributed by atoms with E-state index in [1.54, 1.807) is 18.2 Å². The molecular weight excluding hydrogens is 279 g/mol. The normalized spacial score (nSPS) is 11.9. The zero-order valence-corrected chi connectivity index (χ0v) is 11.0. The molecule has 1 aromatic carbocycles. The molecule has 0 saturated heterocycles. The maximum absolute atomic E-state index is 11.6. The fraction of sp³-hybridized carbons (Fsp3) is 0.273. The van der Waals surface area contributed by atoms with Crippen LogP contribution in [0.1, 0.15) is 6.92 Å². The van der Waals surface area contributed by atoms with Crippen molar-refractivity contribution in [2.75, 3.05) is 11.9 Å². The summed E-state index contributed by atoms with van der Waals surface area (Å²) in [4.78, 5) is 22.1. The van der Waals surface area contributed by atoms with Gasteiger partial charge in [-0.3, -0.25) is 14.9 Å². The van der Waals surface area contributed by atoms with Crippen molar-refractivity contribution in [1.29, 1.82) is 0 Å². The van der Waals surface area contributed by atoms with Crippen LogP contribution in [0.4, 0.5) is 5.69 Å². The van der Waals surface area contributed by atoms with Gasteiger partial charge in [0.1, 0.15) is 6.04 Å². The summed E-state index contributed by atoms with van der Waals surface area (Å²) in [5.41, 5.74) is 0.315. The molecule has 1 amide bonds. The van der Waals surface area contributed by atoms with Gasteiger partial charge in [-0.05, 0) is 19.1 Å². The third kappa shape index (κ3) is 4.18. The molecule has 1 rings (SSSR count). The molecule has 5 nitrogen and oxygen atoms in total. The van der Waals surface area contributed by atoms with Crippen LogP contribution in [-0.4, -0.2) is 29.6 Å². The molecule has 0 unspecified atom stereocenters. The van der Waals surface area contributed by atoms with Crippen molar-refractivity contribution in [3.63, 3.8) is 0 Å². The number of anilines is 1. The van der Waals surface area contributed by atoms with Crippen LogP contribution < -0.4 is 10.6 Å². The van der Waals surface area contributed by atoms with Gasteiger partial charge in [0.2, 0.25) is 5.91 Å². The number of hydrogen-bond donors (Lipinski definition) is 3. The highest BCUT2D eigenvalue weighted by Crippen LogP contribution is 2.29. The van der Waals surface area contributed by atoms with E-state index >= 15 is 0 Å². The number of rotatable bonds is 5. The molecule has 0 heterocycles. The lowest BCUT2D eigenvalue weighted by molar-refractivity contribution is -0.139. The molecule has 0 aliphatic rings. The van der Waals surface area contributed by atoms with Gasteiger partial charge in [-0.25, -0.2) is 0 Å². The predicted molar refractivity (Wildman–Crippen MR) is 70.2 cm³/mol. The van der Waals surface area contributed by atoms with Crippen LogP contribution in [0.25, 0.3) is 0 Å². The second-order valence-electron chi connectivity index (χ2n) is 3.59. The van der Waals surface area contributed by atoms with Crippen LogP contribution in [-0.2, 0) is 9.59 Å². The molecule has 0 spiro atoms. The molecule has 1 atom stereocenters. The van der Waals surface area contributed by atoms with E-state index in [0.29, 0.717) is 15.7 Å². The van der Waals surface area contributed by atoms with E-state index in [1.807, 2.05) is 0 Å². The molecule has 7 heteroatoms. The molecule has 0 bridgehead atoms. The highest BCUT2D eigenvalue weighted by Gasteiger charge is 2.13. The van der Waals surface area contributed by atoms with Gasteiger partial charge in [-0.2, -0.15) is 0 Å². The quantitative estimate of drug-likeness (QED) is 0.775. The van der Waals surface area contributed by atoms with Crippen LogP contribution in [0, 0.1) is 0 Å². The summed E-state index contributed by atoms with van der Waals surface area (Å²) in [5, 5.41) is 14.3. The third-order valence-electron chi connectivity index (χ3n) is 2.17. The minimum Gasteiger partial charge on any atom is -0.480 e.